The lowest BCUT2D eigenvalue weighted by Crippen LogP contribution is -2.10. The molecule has 0 spiro atoms. The number of benzene rings is 3. The van der Waals surface area contributed by atoms with Crippen LogP contribution in [-0.4, -0.2) is 22.7 Å². The van der Waals surface area contributed by atoms with E-state index in [0.717, 1.165) is 65.3 Å². The van der Waals surface area contributed by atoms with E-state index in [1.54, 1.807) is 17.8 Å². The third-order valence-corrected chi connectivity index (χ3v) is 9.39. The number of carboxylic acids is 1. The van der Waals surface area contributed by atoms with Crippen LogP contribution in [0.5, 0.6) is 5.75 Å². The van der Waals surface area contributed by atoms with Gasteiger partial charge in [-0.25, -0.2) is 9.78 Å². The SMILES string of the molecule is Cc1cc(SC(CCCCCc2ccccc2)c2sc(-c3ccc(C(F)(F)F)cc3)nc2C)ccc1OCC(=O)O. The highest BCUT2D eigenvalue weighted by Gasteiger charge is 2.30. The van der Waals surface area contributed by atoms with E-state index >= 15 is 0 Å². The second kappa shape index (κ2) is 14.0. The molecule has 9 heteroatoms. The maximum Gasteiger partial charge on any atom is 0.416 e. The number of aromatic nitrogens is 1. The minimum atomic E-state index is -4.38. The lowest BCUT2D eigenvalue weighted by atomic mass is 10.0. The van der Waals surface area contributed by atoms with E-state index in [4.69, 9.17) is 14.8 Å². The van der Waals surface area contributed by atoms with Gasteiger partial charge >= 0.3 is 12.1 Å². The van der Waals surface area contributed by atoms with E-state index in [1.165, 1.54) is 29.0 Å². The maximum atomic E-state index is 13.1. The number of rotatable bonds is 13. The largest absolute Gasteiger partial charge is 0.482 e. The average molecular weight is 600 g/mol. The Labute approximate surface area is 246 Å². The Morgan fingerprint density at radius 3 is 2.39 bits per heavy atom. The molecule has 1 unspecified atom stereocenters. The smallest absolute Gasteiger partial charge is 0.416 e. The topological polar surface area (TPSA) is 59.4 Å². The molecule has 0 aliphatic rings. The van der Waals surface area contributed by atoms with Gasteiger partial charge in [0.1, 0.15) is 10.8 Å². The molecule has 1 atom stereocenters. The molecule has 4 aromatic rings. The first-order valence-corrected chi connectivity index (χ1v) is 15.1. The molecular weight excluding hydrogens is 567 g/mol. The van der Waals surface area contributed by atoms with Gasteiger partial charge in [0.25, 0.3) is 0 Å². The molecule has 0 amide bonds. The molecule has 0 aliphatic carbocycles. The molecule has 0 saturated carbocycles. The minimum absolute atomic E-state index is 0.109. The van der Waals surface area contributed by atoms with Crippen LogP contribution in [0.2, 0.25) is 0 Å². The van der Waals surface area contributed by atoms with Gasteiger partial charge in [-0.3, -0.25) is 0 Å². The van der Waals surface area contributed by atoms with Gasteiger partial charge in [-0.05, 0) is 74.6 Å². The van der Waals surface area contributed by atoms with E-state index < -0.39 is 24.3 Å². The first kappa shape index (κ1) is 30.7. The van der Waals surface area contributed by atoms with Crippen LogP contribution < -0.4 is 4.74 Å². The summed E-state index contributed by atoms with van der Waals surface area (Å²) in [5.74, 6) is -0.493. The quantitative estimate of drug-likeness (QED) is 0.123. The van der Waals surface area contributed by atoms with Crippen molar-refractivity contribution in [1.82, 2.24) is 4.98 Å². The number of alkyl halides is 3. The van der Waals surface area contributed by atoms with Crippen molar-refractivity contribution in [3.05, 3.63) is 100 Å². The molecule has 1 heterocycles. The van der Waals surface area contributed by atoms with Crippen LogP contribution in [0.4, 0.5) is 13.2 Å². The Balaban J connectivity index is 1.51. The van der Waals surface area contributed by atoms with E-state index in [2.05, 4.69) is 24.3 Å². The number of ether oxygens (including phenoxy) is 1. The summed E-state index contributed by atoms with van der Waals surface area (Å²) < 4.78 is 44.5. The number of carbonyl (C=O) groups is 1. The first-order valence-electron chi connectivity index (χ1n) is 13.4. The second-order valence-corrected chi connectivity index (χ2v) is 12.2. The van der Waals surface area contributed by atoms with Crippen molar-refractivity contribution in [1.29, 1.82) is 0 Å². The number of halogens is 3. The van der Waals surface area contributed by atoms with Crippen molar-refractivity contribution in [2.45, 2.75) is 62.3 Å². The van der Waals surface area contributed by atoms with E-state index in [9.17, 15) is 18.0 Å². The molecule has 1 N–H and O–H groups in total. The Morgan fingerprint density at radius 2 is 1.73 bits per heavy atom. The van der Waals surface area contributed by atoms with Crippen molar-refractivity contribution in [2.24, 2.45) is 0 Å². The second-order valence-electron chi connectivity index (χ2n) is 9.84. The molecular formula is C32H32F3NO3S2. The number of nitrogens with zero attached hydrogens (tertiary/aromatic N) is 1. The first-order chi connectivity index (χ1) is 19.6. The predicted octanol–water partition coefficient (Wildman–Crippen LogP) is 9.55. The van der Waals surface area contributed by atoms with Crippen LogP contribution in [0.15, 0.2) is 77.7 Å². The van der Waals surface area contributed by atoms with Gasteiger partial charge in [-0.15, -0.1) is 23.1 Å². The monoisotopic (exact) mass is 599 g/mol. The molecule has 0 radical (unpaired) electrons. The summed E-state index contributed by atoms with van der Waals surface area (Å²) in [5, 5.41) is 9.74. The van der Waals surface area contributed by atoms with Crippen LogP contribution in [0.3, 0.4) is 0 Å². The Hall–Kier alpha value is -3.30. The number of unbranched alkanes of at least 4 members (excludes halogenated alkanes) is 2. The molecule has 0 aliphatic heterocycles. The lowest BCUT2D eigenvalue weighted by molar-refractivity contribution is -0.139. The zero-order chi connectivity index (χ0) is 29.4. The molecule has 4 rings (SSSR count). The van der Waals surface area contributed by atoms with Gasteiger partial charge in [0.15, 0.2) is 6.61 Å². The number of aryl methyl sites for hydroxylation is 3. The van der Waals surface area contributed by atoms with Crippen molar-refractivity contribution in [3.8, 4) is 16.3 Å². The summed E-state index contributed by atoms with van der Waals surface area (Å²) in [5.41, 5.74) is 3.05. The van der Waals surface area contributed by atoms with Gasteiger partial charge in [-0.2, -0.15) is 13.2 Å². The van der Waals surface area contributed by atoms with Crippen molar-refractivity contribution in [3.63, 3.8) is 0 Å². The van der Waals surface area contributed by atoms with Gasteiger partial charge in [0.2, 0.25) is 0 Å². The van der Waals surface area contributed by atoms with Gasteiger partial charge in [0, 0.05) is 20.6 Å². The molecule has 41 heavy (non-hydrogen) atoms. The summed E-state index contributed by atoms with van der Waals surface area (Å²) in [6.45, 7) is 3.45. The number of thioether (sulfide) groups is 1. The molecule has 3 aromatic carbocycles. The molecule has 1 aromatic heterocycles. The summed E-state index contributed by atoms with van der Waals surface area (Å²) in [6, 6.07) is 21.3. The van der Waals surface area contributed by atoms with Crippen LogP contribution in [-0.2, 0) is 17.4 Å². The fraction of sp³-hybridized carbons (Fsp3) is 0.312. The molecule has 4 nitrogen and oxygen atoms in total. The number of thiazole rings is 1. The number of hydrogen-bond donors (Lipinski definition) is 1. The van der Waals surface area contributed by atoms with Crippen molar-refractivity contribution in [2.75, 3.05) is 6.61 Å². The Kier molecular flexibility index (Phi) is 10.5. The molecule has 0 bridgehead atoms. The predicted molar refractivity (Wildman–Crippen MR) is 159 cm³/mol. The van der Waals surface area contributed by atoms with Crippen LogP contribution in [0.25, 0.3) is 10.6 Å². The van der Waals surface area contributed by atoms with E-state index in [-0.39, 0.29) is 5.25 Å². The summed E-state index contributed by atoms with van der Waals surface area (Å²) in [6.07, 6.45) is 0.775. The van der Waals surface area contributed by atoms with E-state index in [1.807, 2.05) is 32.0 Å². The highest BCUT2D eigenvalue weighted by Crippen LogP contribution is 2.45. The molecule has 0 fully saturated rings. The van der Waals surface area contributed by atoms with Crippen LogP contribution >= 0.6 is 23.1 Å². The van der Waals surface area contributed by atoms with Crippen molar-refractivity contribution < 1.29 is 27.8 Å². The molecule has 216 valence electrons. The third kappa shape index (κ3) is 8.84. The lowest BCUT2D eigenvalue weighted by Gasteiger charge is -2.17. The normalized spacial score (nSPS) is 12.3. The average Bonchev–Trinajstić information content (AvgIpc) is 3.33. The number of carboxylic acid groups (broad SMARTS) is 1. The van der Waals surface area contributed by atoms with Gasteiger partial charge in [0.05, 0.1) is 11.3 Å². The van der Waals surface area contributed by atoms with Crippen molar-refractivity contribution >= 4 is 29.1 Å². The fourth-order valence-electron chi connectivity index (χ4n) is 4.52. The standard InChI is InChI=1S/C32H32F3NO3S2/c1-21-19-26(17-18-27(21)39-20-29(37)38)40-28(12-8-4-7-11-23-9-5-3-6-10-23)30-22(2)36-31(41-30)24-13-15-25(16-14-24)32(33,34)35/h3,5-6,9-10,13-19,28H,4,7-8,11-12,20H2,1-2H3,(H,37,38). The third-order valence-electron chi connectivity index (χ3n) is 6.63. The van der Waals surface area contributed by atoms with Crippen LogP contribution in [0, 0.1) is 13.8 Å². The fourth-order valence-corrected chi connectivity index (χ4v) is 7.18. The van der Waals surface area contributed by atoms with Crippen LogP contribution in [0.1, 0.15) is 58.2 Å². The van der Waals surface area contributed by atoms with Gasteiger partial charge < -0.3 is 9.84 Å². The number of hydrogen-bond acceptors (Lipinski definition) is 5. The summed E-state index contributed by atoms with van der Waals surface area (Å²) in [7, 11) is 0. The Morgan fingerprint density at radius 1 is 1.00 bits per heavy atom. The number of aliphatic carboxylic acids is 1. The summed E-state index contributed by atoms with van der Waals surface area (Å²) in [4.78, 5) is 17.8. The Bertz CT molecular complexity index is 1440. The highest BCUT2D eigenvalue weighted by molar-refractivity contribution is 7.99. The maximum absolute atomic E-state index is 13.1. The van der Waals surface area contributed by atoms with Gasteiger partial charge in [-0.1, -0.05) is 55.3 Å². The van der Waals surface area contributed by atoms with E-state index in [0.29, 0.717) is 16.3 Å². The summed E-state index contributed by atoms with van der Waals surface area (Å²) >= 11 is 3.25. The molecule has 0 saturated heterocycles. The highest BCUT2D eigenvalue weighted by atomic mass is 32.2. The minimum Gasteiger partial charge on any atom is -0.482 e. The zero-order valence-electron chi connectivity index (χ0n) is 22.9. The zero-order valence-corrected chi connectivity index (χ0v) is 24.5.